The van der Waals surface area contributed by atoms with Gasteiger partial charge in [0.1, 0.15) is 11.6 Å². The van der Waals surface area contributed by atoms with Crippen molar-refractivity contribution >= 4 is 23.1 Å². The molecule has 2 fully saturated rings. The smallest absolute Gasteiger partial charge is 0.372 e. The number of carbonyl (C=O) groups is 1. The number of piperazine rings is 1. The van der Waals surface area contributed by atoms with Crippen molar-refractivity contribution in [3.05, 3.63) is 70.0 Å². The number of nitrogens with zero attached hydrogens (tertiary/aromatic N) is 5. The van der Waals surface area contributed by atoms with Crippen LogP contribution in [0.3, 0.4) is 0 Å². The first-order valence-corrected chi connectivity index (χ1v) is 14.5. The molecule has 0 aliphatic carbocycles. The van der Waals surface area contributed by atoms with Crippen LogP contribution in [0.2, 0.25) is 0 Å². The number of nitrogens with one attached hydrogen (secondary N) is 1. The van der Waals surface area contributed by atoms with Gasteiger partial charge in [-0.05, 0) is 52.1 Å². The second-order valence-electron chi connectivity index (χ2n) is 11.7. The maximum atomic E-state index is 15.8. The number of carbonyl (C=O) groups excluding carboxylic acids is 1. The monoisotopic (exact) mass is 616 g/mol. The van der Waals surface area contributed by atoms with Crippen molar-refractivity contribution in [3.8, 4) is 11.1 Å². The van der Waals surface area contributed by atoms with Crippen molar-refractivity contribution in [2.24, 2.45) is 7.05 Å². The molecule has 0 saturated carbocycles. The van der Waals surface area contributed by atoms with Crippen LogP contribution in [-0.4, -0.2) is 78.4 Å². The summed E-state index contributed by atoms with van der Waals surface area (Å²) >= 11 is 0. The number of amides is 1. The Balaban J connectivity index is 1.54. The lowest BCUT2D eigenvalue weighted by Crippen LogP contribution is -2.50. The van der Waals surface area contributed by atoms with E-state index in [0.29, 0.717) is 55.9 Å². The molecule has 44 heavy (non-hydrogen) atoms. The van der Waals surface area contributed by atoms with Crippen LogP contribution >= 0.6 is 0 Å². The van der Waals surface area contributed by atoms with Crippen LogP contribution in [0, 0.1) is 5.82 Å². The van der Waals surface area contributed by atoms with Gasteiger partial charge in [-0.25, -0.2) is 9.37 Å². The normalized spacial score (nSPS) is 21.4. The Kier molecular flexibility index (Phi) is 8.72. The molecule has 9 nitrogen and oxygen atoms in total. The second kappa shape index (κ2) is 12.2. The Hall–Kier alpha value is -3.97. The average Bonchev–Trinajstić information content (AvgIpc) is 2.95. The highest BCUT2D eigenvalue weighted by Gasteiger charge is 2.36. The fourth-order valence-corrected chi connectivity index (χ4v) is 5.75. The molecule has 2 aromatic heterocycles. The van der Waals surface area contributed by atoms with Crippen LogP contribution < -0.4 is 20.7 Å². The number of hydrogen-bond acceptors (Lipinski definition) is 7. The van der Waals surface area contributed by atoms with Crippen LogP contribution in [0.1, 0.15) is 36.7 Å². The topological polar surface area (TPSA) is 82.9 Å². The fraction of sp³-hybridized carbons (Fsp3) is 0.452. The molecule has 0 radical (unpaired) electrons. The molecule has 3 atom stereocenters. The fourth-order valence-electron chi connectivity index (χ4n) is 5.75. The van der Waals surface area contributed by atoms with E-state index in [0.717, 1.165) is 10.8 Å². The van der Waals surface area contributed by atoms with Crippen LogP contribution in [0.5, 0.6) is 0 Å². The summed E-state index contributed by atoms with van der Waals surface area (Å²) in [5.41, 5.74) is -1.91. The Morgan fingerprint density at radius 1 is 1.00 bits per heavy atom. The number of benzene rings is 1. The molecule has 1 N–H and O–H groups in total. The lowest BCUT2D eigenvalue weighted by molar-refractivity contribution is -0.138. The molecule has 13 heteroatoms. The molecule has 1 aromatic carbocycles. The zero-order chi connectivity index (χ0) is 31.9. The quantitative estimate of drug-likeness (QED) is 0.420. The summed E-state index contributed by atoms with van der Waals surface area (Å²) < 4.78 is 64.0. The van der Waals surface area contributed by atoms with E-state index in [4.69, 9.17) is 4.74 Å². The van der Waals surface area contributed by atoms with Crippen molar-refractivity contribution in [1.29, 1.82) is 0 Å². The number of aryl methyl sites for hydroxylation is 1. The number of halogens is 4. The lowest BCUT2D eigenvalue weighted by atomic mass is 10.0. The SMILES string of the molecule is CC1CN(c2ccc(-c3cc(NC(=O)c4cn(C)c(=O)cc4C(F)(F)F)c(N4CCN(C)C(C)C4)cc3F)cn2)CC(C)O1. The van der Waals surface area contributed by atoms with Gasteiger partial charge in [0.05, 0.1) is 34.7 Å². The van der Waals surface area contributed by atoms with E-state index in [-0.39, 0.29) is 29.5 Å². The molecular formula is C31H36F4N6O3. The third kappa shape index (κ3) is 6.58. The standard InChI is InChI=1S/C31H36F4N6O3/c1-18-14-40(9-8-38(18)4)27-12-25(32)22(21-6-7-28(36-13-21)41-15-19(2)44-20(3)16-41)10-26(27)37-30(43)23-17-39(5)29(42)11-24(23)31(33,34)35/h6-7,10-13,17-20H,8-9,14-16H2,1-5H3,(H,37,43). The van der Waals surface area contributed by atoms with Crippen molar-refractivity contribution in [1.82, 2.24) is 14.5 Å². The zero-order valence-electron chi connectivity index (χ0n) is 25.3. The van der Waals surface area contributed by atoms with Gasteiger partial charge in [-0.2, -0.15) is 13.2 Å². The molecule has 0 bridgehead atoms. The molecule has 236 valence electrons. The van der Waals surface area contributed by atoms with E-state index in [1.54, 1.807) is 12.1 Å². The molecule has 2 aliphatic heterocycles. The summed E-state index contributed by atoms with van der Waals surface area (Å²) in [6, 6.07) is 6.75. The van der Waals surface area contributed by atoms with Gasteiger partial charge < -0.3 is 29.3 Å². The molecule has 3 aromatic rings. The van der Waals surface area contributed by atoms with Gasteiger partial charge in [-0.3, -0.25) is 9.59 Å². The predicted molar refractivity (Wildman–Crippen MR) is 161 cm³/mol. The van der Waals surface area contributed by atoms with E-state index in [1.165, 1.54) is 25.4 Å². The van der Waals surface area contributed by atoms with E-state index < -0.39 is 34.6 Å². The van der Waals surface area contributed by atoms with E-state index >= 15 is 4.39 Å². The highest BCUT2D eigenvalue weighted by molar-refractivity contribution is 6.07. The molecule has 2 saturated heterocycles. The lowest BCUT2D eigenvalue weighted by Gasteiger charge is -2.39. The Bertz CT molecular complexity index is 1580. The molecule has 5 rings (SSSR count). The first-order valence-electron chi connectivity index (χ1n) is 14.5. The number of likely N-dealkylation sites (N-methyl/N-ethyl adjacent to an activating group) is 1. The third-order valence-corrected chi connectivity index (χ3v) is 8.21. The highest BCUT2D eigenvalue weighted by atomic mass is 19.4. The number of rotatable bonds is 5. The summed E-state index contributed by atoms with van der Waals surface area (Å²) in [7, 11) is 3.24. The molecule has 0 spiro atoms. The maximum Gasteiger partial charge on any atom is 0.417 e. The Morgan fingerprint density at radius 2 is 1.70 bits per heavy atom. The molecule has 2 aliphatic rings. The van der Waals surface area contributed by atoms with Gasteiger partial charge in [-0.15, -0.1) is 0 Å². The van der Waals surface area contributed by atoms with Crippen molar-refractivity contribution < 1.29 is 27.1 Å². The number of alkyl halides is 3. The van der Waals surface area contributed by atoms with Gasteiger partial charge >= 0.3 is 6.18 Å². The number of anilines is 3. The van der Waals surface area contributed by atoms with Crippen molar-refractivity contribution in [3.63, 3.8) is 0 Å². The minimum atomic E-state index is -4.94. The first kappa shape index (κ1) is 31.5. The average molecular weight is 617 g/mol. The summed E-state index contributed by atoms with van der Waals surface area (Å²) in [6.07, 6.45) is -2.49. The van der Waals surface area contributed by atoms with E-state index in [1.807, 2.05) is 32.7 Å². The van der Waals surface area contributed by atoms with Gasteiger partial charge in [0.25, 0.3) is 11.5 Å². The minimum absolute atomic E-state index is 0.0265. The number of morpholine rings is 1. The minimum Gasteiger partial charge on any atom is -0.372 e. The number of hydrogen-bond donors (Lipinski definition) is 1. The summed E-state index contributed by atoms with van der Waals surface area (Å²) in [5.74, 6) is -0.925. The van der Waals surface area contributed by atoms with Crippen LogP contribution in [0.4, 0.5) is 34.8 Å². The second-order valence-corrected chi connectivity index (χ2v) is 11.7. The zero-order valence-corrected chi connectivity index (χ0v) is 25.3. The highest BCUT2D eigenvalue weighted by Crippen LogP contribution is 2.37. The van der Waals surface area contributed by atoms with E-state index in [2.05, 4.69) is 20.1 Å². The van der Waals surface area contributed by atoms with Crippen LogP contribution in [0.15, 0.2) is 47.5 Å². The summed E-state index contributed by atoms with van der Waals surface area (Å²) in [4.78, 5) is 36.1. The third-order valence-electron chi connectivity index (χ3n) is 8.21. The number of aromatic nitrogens is 2. The molecular weight excluding hydrogens is 580 g/mol. The largest absolute Gasteiger partial charge is 0.417 e. The van der Waals surface area contributed by atoms with Gasteiger partial charge in [0, 0.05) is 75.4 Å². The van der Waals surface area contributed by atoms with Crippen molar-refractivity contribution in [2.75, 3.05) is 54.9 Å². The maximum absolute atomic E-state index is 15.8. The van der Waals surface area contributed by atoms with Gasteiger partial charge in [0.15, 0.2) is 0 Å². The summed E-state index contributed by atoms with van der Waals surface area (Å²) in [5, 5.41) is 2.60. The molecule has 1 amide bonds. The molecule has 4 heterocycles. The van der Waals surface area contributed by atoms with Crippen LogP contribution in [-0.2, 0) is 18.0 Å². The Morgan fingerprint density at radius 3 is 2.32 bits per heavy atom. The van der Waals surface area contributed by atoms with Gasteiger partial charge in [-0.1, -0.05) is 0 Å². The first-order chi connectivity index (χ1) is 20.7. The molecule has 3 unspecified atom stereocenters. The number of pyridine rings is 2. The van der Waals surface area contributed by atoms with Crippen LogP contribution in [0.25, 0.3) is 11.1 Å². The predicted octanol–water partition coefficient (Wildman–Crippen LogP) is 4.61. The van der Waals surface area contributed by atoms with E-state index in [9.17, 15) is 22.8 Å². The Labute approximate surface area is 253 Å². The number of ether oxygens (including phenoxy) is 1. The van der Waals surface area contributed by atoms with Crippen molar-refractivity contribution in [2.45, 2.75) is 45.2 Å². The summed E-state index contributed by atoms with van der Waals surface area (Å²) in [6.45, 7) is 8.99. The van der Waals surface area contributed by atoms with Gasteiger partial charge in [0.2, 0.25) is 0 Å².